The molecule has 0 bridgehead atoms. The molecular weight excluding hydrogens is 440 g/mol. The zero-order valence-corrected chi connectivity index (χ0v) is 19.5. The van der Waals surface area contributed by atoms with Gasteiger partial charge in [-0.05, 0) is 62.2 Å². The number of rotatable bonds is 7. The fraction of sp³-hybridized carbons (Fsp3) is 0.333. The summed E-state index contributed by atoms with van der Waals surface area (Å²) in [6, 6.07) is 15.9. The molecule has 1 amide bonds. The monoisotopic (exact) mass is 468 g/mol. The van der Waals surface area contributed by atoms with E-state index in [9.17, 15) is 13.2 Å². The Morgan fingerprint density at radius 3 is 2.39 bits per heavy atom. The van der Waals surface area contributed by atoms with Crippen molar-refractivity contribution in [2.75, 3.05) is 19.6 Å². The highest BCUT2D eigenvalue weighted by Crippen LogP contribution is 2.21. The number of nitrogens with zero attached hydrogens (tertiary/aromatic N) is 3. The number of nitrogens with one attached hydrogen (secondary N) is 1. The third-order valence-electron chi connectivity index (χ3n) is 5.50. The molecule has 0 saturated carbocycles. The van der Waals surface area contributed by atoms with E-state index in [4.69, 9.17) is 4.74 Å². The van der Waals surface area contributed by atoms with E-state index in [1.165, 1.54) is 16.4 Å². The molecule has 3 aromatic rings. The minimum Gasteiger partial charge on any atom is -0.373 e. The standard InChI is InChI=1S/C24H28N4O4S/c1-18-15-27(16-19(2)32-18)33(30,31)23-10-8-21(9-11-23)24(29)25-13-12-20-14-26-28(17-20)22-6-4-3-5-7-22/h3-11,14,17-19H,12-13,15-16H2,1-2H3,(H,25,29). The van der Waals surface area contributed by atoms with E-state index in [-0.39, 0.29) is 23.0 Å². The van der Waals surface area contributed by atoms with Gasteiger partial charge in [-0.15, -0.1) is 0 Å². The molecule has 0 spiro atoms. The lowest BCUT2D eigenvalue weighted by atomic mass is 10.2. The smallest absolute Gasteiger partial charge is 0.251 e. The van der Waals surface area contributed by atoms with Crippen LogP contribution in [0.4, 0.5) is 0 Å². The van der Waals surface area contributed by atoms with E-state index in [1.807, 2.05) is 50.4 Å². The lowest BCUT2D eigenvalue weighted by Gasteiger charge is -2.34. The van der Waals surface area contributed by atoms with Gasteiger partial charge in [0.05, 0.1) is 29.0 Å². The molecule has 174 valence electrons. The average Bonchev–Trinajstić information content (AvgIpc) is 3.28. The van der Waals surface area contributed by atoms with Crippen LogP contribution in [-0.4, -0.2) is 60.3 Å². The van der Waals surface area contributed by atoms with Crippen LogP contribution >= 0.6 is 0 Å². The summed E-state index contributed by atoms with van der Waals surface area (Å²) in [5, 5.41) is 7.24. The summed E-state index contributed by atoms with van der Waals surface area (Å²) in [7, 11) is -3.63. The van der Waals surface area contributed by atoms with Crippen molar-refractivity contribution in [3.05, 3.63) is 78.1 Å². The number of carbonyl (C=O) groups is 1. The summed E-state index contributed by atoms with van der Waals surface area (Å²) >= 11 is 0. The molecule has 2 unspecified atom stereocenters. The van der Waals surface area contributed by atoms with E-state index >= 15 is 0 Å². The molecule has 1 aromatic heterocycles. The van der Waals surface area contributed by atoms with Gasteiger partial charge in [-0.3, -0.25) is 4.79 Å². The van der Waals surface area contributed by atoms with Crippen molar-refractivity contribution in [1.29, 1.82) is 0 Å². The highest BCUT2D eigenvalue weighted by Gasteiger charge is 2.32. The van der Waals surface area contributed by atoms with E-state index in [2.05, 4.69) is 10.4 Å². The van der Waals surface area contributed by atoms with Crippen molar-refractivity contribution in [2.24, 2.45) is 0 Å². The summed E-state index contributed by atoms with van der Waals surface area (Å²) in [6.07, 6.45) is 4.04. The van der Waals surface area contributed by atoms with E-state index in [0.717, 1.165) is 11.3 Å². The maximum absolute atomic E-state index is 13.0. The zero-order valence-electron chi connectivity index (χ0n) is 18.7. The van der Waals surface area contributed by atoms with Crippen molar-refractivity contribution >= 4 is 15.9 Å². The predicted octanol–water partition coefficient (Wildman–Crippen LogP) is 2.64. The van der Waals surface area contributed by atoms with Crippen molar-refractivity contribution in [1.82, 2.24) is 19.4 Å². The fourth-order valence-corrected chi connectivity index (χ4v) is 5.48. The average molecular weight is 469 g/mol. The molecule has 1 fully saturated rings. The molecule has 33 heavy (non-hydrogen) atoms. The van der Waals surface area contributed by atoms with E-state index < -0.39 is 10.0 Å². The molecular formula is C24H28N4O4S. The number of amides is 1. The lowest BCUT2D eigenvalue weighted by Crippen LogP contribution is -2.48. The summed E-state index contributed by atoms with van der Waals surface area (Å²) < 4.78 is 34.8. The quantitative estimate of drug-likeness (QED) is 0.575. The molecule has 0 aliphatic carbocycles. The Kier molecular flexibility index (Phi) is 6.92. The van der Waals surface area contributed by atoms with Crippen LogP contribution in [0.25, 0.3) is 5.69 Å². The van der Waals surface area contributed by atoms with Gasteiger partial charge < -0.3 is 10.1 Å². The number of benzene rings is 2. The first kappa shape index (κ1) is 23.2. The first-order valence-corrected chi connectivity index (χ1v) is 12.4. The topological polar surface area (TPSA) is 93.5 Å². The van der Waals surface area contributed by atoms with Gasteiger partial charge >= 0.3 is 0 Å². The van der Waals surface area contributed by atoms with E-state index in [1.54, 1.807) is 23.0 Å². The minimum atomic E-state index is -3.63. The summed E-state index contributed by atoms with van der Waals surface area (Å²) in [5.41, 5.74) is 2.40. The van der Waals surface area contributed by atoms with Gasteiger partial charge in [0.25, 0.3) is 5.91 Å². The summed E-state index contributed by atoms with van der Waals surface area (Å²) in [4.78, 5) is 12.7. The SMILES string of the molecule is CC1CN(S(=O)(=O)c2ccc(C(=O)NCCc3cnn(-c4ccccc4)c3)cc2)CC(C)O1. The molecule has 2 aromatic carbocycles. The highest BCUT2D eigenvalue weighted by molar-refractivity contribution is 7.89. The molecule has 9 heteroatoms. The maximum atomic E-state index is 13.0. The van der Waals surface area contributed by atoms with Crippen molar-refractivity contribution in [3.63, 3.8) is 0 Å². The van der Waals surface area contributed by atoms with E-state index in [0.29, 0.717) is 31.6 Å². The minimum absolute atomic E-state index is 0.159. The number of carbonyl (C=O) groups excluding carboxylic acids is 1. The molecule has 1 aliphatic heterocycles. The van der Waals surface area contributed by atoms with Crippen LogP contribution in [0.15, 0.2) is 71.9 Å². The fourth-order valence-electron chi connectivity index (χ4n) is 3.89. The molecule has 2 heterocycles. The molecule has 2 atom stereocenters. The number of sulfonamides is 1. The Balaban J connectivity index is 1.33. The van der Waals surface area contributed by atoms with Gasteiger partial charge in [-0.25, -0.2) is 13.1 Å². The molecule has 4 rings (SSSR count). The largest absolute Gasteiger partial charge is 0.373 e. The molecule has 1 aliphatic rings. The predicted molar refractivity (Wildman–Crippen MR) is 125 cm³/mol. The first-order valence-electron chi connectivity index (χ1n) is 11.0. The van der Waals surface area contributed by atoms with Crippen LogP contribution in [-0.2, 0) is 21.2 Å². The Labute approximate surface area is 194 Å². The third-order valence-corrected chi connectivity index (χ3v) is 7.34. The Bertz CT molecular complexity index is 1180. The van der Waals surface area contributed by atoms with Crippen LogP contribution in [0.5, 0.6) is 0 Å². The van der Waals surface area contributed by atoms with Crippen LogP contribution in [0, 0.1) is 0 Å². The maximum Gasteiger partial charge on any atom is 0.251 e. The summed E-state index contributed by atoms with van der Waals surface area (Å²) in [6.45, 7) is 4.80. The van der Waals surface area contributed by atoms with Gasteiger partial charge in [0.15, 0.2) is 0 Å². The second-order valence-electron chi connectivity index (χ2n) is 8.24. The van der Waals surface area contributed by atoms with Crippen LogP contribution in [0.3, 0.4) is 0 Å². The number of ether oxygens (including phenoxy) is 1. The first-order chi connectivity index (χ1) is 15.8. The summed E-state index contributed by atoms with van der Waals surface area (Å²) in [5.74, 6) is -0.247. The second kappa shape index (κ2) is 9.86. The van der Waals surface area contributed by atoms with Crippen LogP contribution < -0.4 is 5.32 Å². The van der Waals surface area contributed by atoms with Crippen molar-refractivity contribution in [3.8, 4) is 5.69 Å². The molecule has 1 saturated heterocycles. The van der Waals surface area contributed by atoms with Gasteiger partial charge in [-0.2, -0.15) is 9.40 Å². The number of hydrogen-bond donors (Lipinski definition) is 1. The Hall–Kier alpha value is -3.01. The molecule has 8 nitrogen and oxygen atoms in total. The van der Waals surface area contributed by atoms with Gasteiger partial charge in [0, 0.05) is 31.4 Å². The lowest BCUT2D eigenvalue weighted by molar-refractivity contribution is -0.0440. The number of aromatic nitrogens is 2. The zero-order chi connectivity index (χ0) is 23.4. The van der Waals surface area contributed by atoms with Crippen molar-refractivity contribution in [2.45, 2.75) is 37.4 Å². The van der Waals surface area contributed by atoms with Crippen LogP contribution in [0.1, 0.15) is 29.8 Å². The highest BCUT2D eigenvalue weighted by atomic mass is 32.2. The Morgan fingerprint density at radius 1 is 1.06 bits per heavy atom. The molecule has 1 N–H and O–H groups in total. The van der Waals surface area contributed by atoms with Crippen molar-refractivity contribution < 1.29 is 17.9 Å². The van der Waals surface area contributed by atoms with Gasteiger partial charge in [0.2, 0.25) is 10.0 Å². The normalized spacial score (nSPS) is 19.3. The van der Waals surface area contributed by atoms with Gasteiger partial charge in [-0.1, -0.05) is 18.2 Å². The second-order valence-corrected chi connectivity index (χ2v) is 10.2. The number of morpholine rings is 1. The van der Waals surface area contributed by atoms with Gasteiger partial charge in [0.1, 0.15) is 0 Å². The third kappa shape index (κ3) is 5.50. The number of para-hydroxylation sites is 1. The Morgan fingerprint density at radius 2 is 1.73 bits per heavy atom. The number of hydrogen-bond acceptors (Lipinski definition) is 5. The van der Waals surface area contributed by atoms with Crippen LogP contribution in [0.2, 0.25) is 0 Å². The molecule has 0 radical (unpaired) electrons.